The number of thiophene rings is 1. The maximum atomic E-state index is 13.4. The van der Waals surface area contributed by atoms with Gasteiger partial charge in [0.05, 0.1) is 6.54 Å². The number of hydrogen-bond acceptors (Lipinski definition) is 3. The van der Waals surface area contributed by atoms with Crippen molar-refractivity contribution in [3.05, 3.63) is 92.9 Å². The van der Waals surface area contributed by atoms with Gasteiger partial charge in [-0.05, 0) is 74.5 Å². The topological polar surface area (TPSA) is 40.6 Å². The van der Waals surface area contributed by atoms with Crippen molar-refractivity contribution in [2.45, 2.75) is 46.8 Å². The van der Waals surface area contributed by atoms with Gasteiger partial charge in [0.1, 0.15) is 12.4 Å². The van der Waals surface area contributed by atoms with E-state index in [1.807, 2.05) is 51.3 Å². The fourth-order valence-electron chi connectivity index (χ4n) is 3.38. The summed E-state index contributed by atoms with van der Waals surface area (Å²) in [6, 6.07) is 15.5. The van der Waals surface area contributed by atoms with Crippen molar-refractivity contribution in [3.8, 4) is 0 Å². The number of aryl methyl sites for hydroxylation is 2. The molecule has 0 aliphatic rings. The van der Waals surface area contributed by atoms with Gasteiger partial charge in [-0.3, -0.25) is 9.59 Å². The Hall–Kier alpha value is -2.99. The maximum Gasteiger partial charge on any atom is 0.254 e. The van der Waals surface area contributed by atoms with Gasteiger partial charge in [0.2, 0.25) is 5.91 Å². The van der Waals surface area contributed by atoms with E-state index in [9.17, 15) is 14.0 Å². The van der Waals surface area contributed by atoms with Crippen LogP contribution in [0.2, 0.25) is 0 Å². The smallest absolute Gasteiger partial charge is 0.254 e. The molecule has 0 N–H and O–H groups in total. The highest BCUT2D eigenvalue weighted by molar-refractivity contribution is 7.10. The van der Waals surface area contributed by atoms with E-state index in [4.69, 9.17) is 0 Å². The Labute approximate surface area is 193 Å². The number of hydrogen-bond donors (Lipinski definition) is 0. The van der Waals surface area contributed by atoms with Gasteiger partial charge in [-0.25, -0.2) is 4.39 Å². The van der Waals surface area contributed by atoms with Crippen molar-refractivity contribution in [3.63, 3.8) is 0 Å². The predicted molar refractivity (Wildman–Crippen MR) is 127 cm³/mol. The molecule has 3 rings (SSSR count). The average molecular weight is 453 g/mol. The fourth-order valence-corrected chi connectivity index (χ4v) is 4.30. The number of rotatable bonds is 8. The molecule has 168 valence electrons. The van der Waals surface area contributed by atoms with Crippen molar-refractivity contribution < 1.29 is 14.0 Å². The van der Waals surface area contributed by atoms with Crippen LogP contribution in [0.1, 0.15) is 45.8 Å². The number of carbonyl (C=O) groups excluding carboxylic acids is 2. The Balaban J connectivity index is 1.82. The summed E-state index contributed by atoms with van der Waals surface area (Å²) in [6.07, 6.45) is 0. The van der Waals surface area contributed by atoms with Gasteiger partial charge >= 0.3 is 0 Å². The zero-order chi connectivity index (χ0) is 23.3. The monoisotopic (exact) mass is 452 g/mol. The van der Waals surface area contributed by atoms with E-state index < -0.39 is 0 Å². The Morgan fingerprint density at radius 1 is 0.938 bits per heavy atom. The maximum absolute atomic E-state index is 13.4. The SMILES string of the molecule is Cc1ccc(C(=O)N(CC(=O)N(Cc2ccc(F)cc2)Cc2sccc2C)C(C)C)cc1. The molecule has 0 saturated carbocycles. The third kappa shape index (κ3) is 6.04. The summed E-state index contributed by atoms with van der Waals surface area (Å²) in [7, 11) is 0. The van der Waals surface area contributed by atoms with E-state index >= 15 is 0 Å². The van der Waals surface area contributed by atoms with Crippen LogP contribution in [0.15, 0.2) is 60.0 Å². The Kier molecular flexibility index (Phi) is 7.80. The quantitative estimate of drug-likeness (QED) is 0.447. The second kappa shape index (κ2) is 10.6. The highest BCUT2D eigenvalue weighted by Crippen LogP contribution is 2.20. The molecular formula is C26H29FN2O2S. The Morgan fingerprint density at radius 3 is 2.16 bits per heavy atom. The summed E-state index contributed by atoms with van der Waals surface area (Å²) in [5.41, 5.74) is 3.61. The lowest BCUT2D eigenvalue weighted by Crippen LogP contribution is -2.45. The van der Waals surface area contributed by atoms with Crippen LogP contribution in [0.5, 0.6) is 0 Å². The molecule has 32 heavy (non-hydrogen) atoms. The number of amides is 2. The van der Waals surface area contributed by atoms with Crippen LogP contribution in [0.3, 0.4) is 0 Å². The summed E-state index contributed by atoms with van der Waals surface area (Å²) in [4.78, 5) is 31.0. The van der Waals surface area contributed by atoms with Crippen molar-refractivity contribution in [1.82, 2.24) is 9.80 Å². The Bertz CT molecular complexity index is 1060. The molecule has 0 bridgehead atoms. The third-order valence-electron chi connectivity index (χ3n) is 5.43. The van der Waals surface area contributed by atoms with E-state index in [2.05, 4.69) is 0 Å². The van der Waals surface area contributed by atoms with Gasteiger partial charge in [0, 0.05) is 23.0 Å². The van der Waals surface area contributed by atoms with E-state index in [0.29, 0.717) is 18.7 Å². The van der Waals surface area contributed by atoms with E-state index in [1.165, 1.54) is 12.1 Å². The predicted octanol–water partition coefficient (Wildman–Crippen LogP) is 5.58. The molecule has 0 aliphatic heterocycles. The van der Waals surface area contributed by atoms with Crippen LogP contribution in [0.25, 0.3) is 0 Å². The molecular weight excluding hydrogens is 423 g/mol. The molecule has 2 amide bonds. The zero-order valence-electron chi connectivity index (χ0n) is 19.0. The molecule has 1 heterocycles. The normalized spacial score (nSPS) is 10.9. The molecule has 1 aromatic heterocycles. The fraction of sp³-hybridized carbons (Fsp3) is 0.308. The summed E-state index contributed by atoms with van der Waals surface area (Å²) >= 11 is 1.60. The van der Waals surface area contributed by atoms with Gasteiger partial charge in [0.15, 0.2) is 0 Å². The van der Waals surface area contributed by atoms with Crippen molar-refractivity contribution in [1.29, 1.82) is 0 Å². The van der Waals surface area contributed by atoms with Crippen LogP contribution in [-0.4, -0.2) is 34.2 Å². The summed E-state index contributed by atoms with van der Waals surface area (Å²) < 4.78 is 13.4. The molecule has 0 fully saturated rings. The molecule has 0 aliphatic carbocycles. The first kappa shape index (κ1) is 23.7. The zero-order valence-corrected chi connectivity index (χ0v) is 19.8. The van der Waals surface area contributed by atoms with Gasteiger partial charge < -0.3 is 9.80 Å². The molecule has 0 spiro atoms. The van der Waals surface area contributed by atoms with Crippen molar-refractivity contribution >= 4 is 23.2 Å². The molecule has 6 heteroatoms. The van der Waals surface area contributed by atoms with Gasteiger partial charge in [-0.2, -0.15) is 0 Å². The van der Waals surface area contributed by atoms with E-state index in [-0.39, 0.29) is 30.2 Å². The van der Waals surface area contributed by atoms with Gasteiger partial charge in [-0.15, -0.1) is 11.3 Å². The van der Waals surface area contributed by atoms with Gasteiger partial charge in [-0.1, -0.05) is 29.8 Å². The van der Waals surface area contributed by atoms with Crippen LogP contribution >= 0.6 is 11.3 Å². The molecule has 0 unspecified atom stereocenters. The summed E-state index contributed by atoms with van der Waals surface area (Å²) in [5, 5.41) is 2.01. The highest BCUT2D eigenvalue weighted by atomic mass is 32.1. The van der Waals surface area contributed by atoms with E-state index in [1.54, 1.807) is 45.4 Å². The minimum absolute atomic E-state index is 0.0179. The first-order valence-electron chi connectivity index (χ1n) is 10.7. The lowest BCUT2D eigenvalue weighted by Gasteiger charge is -2.30. The highest BCUT2D eigenvalue weighted by Gasteiger charge is 2.25. The molecule has 0 atom stereocenters. The lowest BCUT2D eigenvalue weighted by atomic mass is 10.1. The molecule has 2 aromatic carbocycles. The standard InChI is InChI=1S/C26H29FN2O2S/c1-18(2)29(26(31)22-9-5-19(3)6-10-22)17-25(30)28(16-24-20(4)13-14-32-24)15-21-7-11-23(27)12-8-21/h5-14,18H,15-17H2,1-4H3. The first-order valence-corrected chi connectivity index (χ1v) is 11.6. The Morgan fingerprint density at radius 2 is 1.59 bits per heavy atom. The average Bonchev–Trinajstić information content (AvgIpc) is 3.17. The summed E-state index contributed by atoms with van der Waals surface area (Å²) in [5.74, 6) is -0.617. The van der Waals surface area contributed by atoms with Crippen molar-refractivity contribution in [2.75, 3.05) is 6.54 Å². The van der Waals surface area contributed by atoms with Crippen LogP contribution in [0, 0.1) is 19.7 Å². The minimum atomic E-state index is -0.310. The lowest BCUT2D eigenvalue weighted by molar-refractivity contribution is -0.133. The second-order valence-electron chi connectivity index (χ2n) is 8.30. The molecule has 4 nitrogen and oxygen atoms in total. The second-order valence-corrected chi connectivity index (χ2v) is 9.30. The third-order valence-corrected chi connectivity index (χ3v) is 6.44. The molecule has 0 radical (unpaired) electrons. The number of nitrogens with zero attached hydrogens (tertiary/aromatic N) is 2. The minimum Gasteiger partial charge on any atom is -0.332 e. The van der Waals surface area contributed by atoms with Gasteiger partial charge in [0.25, 0.3) is 5.91 Å². The number of benzene rings is 2. The first-order chi connectivity index (χ1) is 15.2. The largest absolute Gasteiger partial charge is 0.332 e. The number of halogens is 1. The molecule has 0 saturated heterocycles. The van der Waals surface area contributed by atoms with E-state index in [0.717, 1.165) is 21.6 Å². The van der Waals surface area contributed by atoms with Crippen molar-refractivity contribution in [2.24, 2.45) is 0 Å². The van der Waals surface area contributed by atoms with Crippen LogP contribution in [0.4, 0.5) is 4.39 Å². The van der Waals surface area contributed by atoms with Crippen LogP contribution in [-0.2, 0) is 17.9 Å². The van der Waals surface area contributed by atoms with Crippen LogP contribution < -0.4 is 0 Å². The molecule has 3 aromatic rings. The number of carbonyl (C=O) groups is 2. The summed E-state index contributed by atoms with van der Waals surface area (Å²) in [6.45, 7) is 8.59.